The summed E-state index contributed by atoms with van der Waals surface area (Å²) in [4.78, 5) is 45.2. The fourth-order valence-corrected chi connectivity index (χ4v) is 5.47. The van der Waals surface area contributed by atoms with Crippen LogP contribution in [-0.4, -0.2) is 39.6 Å². The Morgan fingerprint density at radius 3 is 2.45 bits per heavy atom. The summed E-state index contributed by atoms with van der Waals surface area (Å²) in [5.41, 5.74) is 16.9. The van der Waals surface area contributed by atoms with Gasteiger partial charge in [0.15, 0.2) is 0 Å². The van der Waals surface area contributed by atoms with E-state index in [1.807, 2.05) is 43.3 Å². The monoisotopic (exact) mass is 562 g/mol. The van der Waals surface area contributed by atoms with E-state index in [9.17, 15) is 14.4 Å². The molecule has 1 fully saturated rings. The number of carbonyl (C=O) groups excluding carboxylic acids is 2. The molecule has 1 atom stereocenters. The van der Waals surface area contributed by atoms with Gasteiger partial charge in [-0.15, -0.1) is 12.4 Å². The second-order valence-electron chi connectivity index (χ2n) is 10.4. The van der Waals surface area contributed by atoms with Crippen molar-refractivity contribution in [1.82, 2.24) is 15.2 Å². The van der Waals surface area contributed by atoms with Crippen LogP contribution >= 0.6 is 12.4 Å². The summed E-state index contributed by atoms with van der Waals surface area (Å²) in [5.74, 6) is -0.608. The number of rotatable bonds is 7. The zero-order valence-electron chi connectivity index (χ0n) is 22.4. The van der Waals surface area contributed by atoms with Crippen LogP contribution in [0.1, 0.15) is 36.9 Å². The lowest BCUT2D eigenvalue weighted by Gasteiger charge is -2.32. The van der Waals surface area contributed by atoms with Gasteiger partial charge in [-0.3, -0.25) is 29.6 Å². The number of nitrogens with zero attached hydrogens (tertiary/aromatic N) is 2. The number of hydrogen-bond acceptors (Lipinski definition) is 6. The van der Waals surface area contributed by atoms with E-state index in [-0.39, 0.29) is 36.2 Å². The summed E-state index contributed by atoms with van der Waals surface area (Å²) in [7, 11) is 0. The van der Waals surface area contributed by atoms with Crippen molar-refractivity contribution in [3.05, 3.63) is 82.4 Å². The number of aromatic nitrogens is 3. The van der Waals surface area contributed by atoms with E-state index >= 15 is 0 Å². The third kappa shape index (κ3) is 6.01. The Morgan fingerprint density at radius 2 is 1.77 bits per heavy atom. The van der Waals surface area contributed by atoms with Crippen molar-refractivity contribution < 1.29 is 9.59 Å². The number of pyridine rings is 1. The predicted octanol–water partition coefficient (Wildman–Crippen LogP) is 3.84. The topological polar surface area (TPSA) is 151 Å². The van der Waals surface area contributed by atoms with Gasteiger partial charge in [0.1, 0.15) is 0 Å². The molecule has 1 aliphatic carbocycles. The molecule has 2 aromatic carbocycles. The molecule has 1 saturated carbocycles. The van der Waals surface area contributed by atoms with E-state index in [0.29, 0.717) is 41.9 Å². The minimum atomic E-state index is -0.929. The van der Waals surface area contributed by atoms with Crippen molar-refractivity contribution in [3.8, 4) is 11.1 Å². The largest absolute Gasteiger partial charge is 0.330 e. The molecule has 0 bridgehead atoms. The molecule has 0 radical (unpaired) electrons. The Hall–Kier alpha value is -3.79. The standard InChI is InChI=1S/C30H34N6O3.ClH/c1-18-24(3-2-14-33-18)21-8-4-19(5-9-21)15-26(32)30(39)36(29(38)22-10-6-20(17-31)7-11-22)23-12-13-25-27(16-23)34-35-28(25)37;/h2-5,8-9,12-14,16,20,22,26H,6-7,10-11,15,17,31-32H2,1H3,(H2,34,35,37);1H/t20?,22?,26-;/m0./s1. The van der Waals surface area contributed by atoms with E-state index in [0.717, 1.165) is 35.2 Å². The summed E-state index contributed by atoms with van der Waals surface area (Å²) in [6.45, 7) is 2.57. The number of aryl methyl sites for hydroxylation is 1. The third-order valence-electron chi connectivity index (χ3n) is 7.83. The van der Waals surface area contributed by atoms with Gasteiger partial charge in [-0.25, -0.2) is 4.90 Å². The van der Waals surface area contributed by atoms with Gasteiger partial charge in [0.05, 0.1) is 22.6 Å². The molecule has 40 heavy (non-hydrogen) atoms. The van der Waals surface area contributed by atoms with Crippen molar-refractivity contribution in [2.45, 2.75) is 45.1 Å². The minimum absolute atomic E-state index is 0. The Balaban J connectivity index is 0.00000370. The molecule has 0 spiro atoms. The quantitative estimate of drug-likeness (QED) is 0.268. The molecule has 2 amide bonds. The van der Waals surface area contributed by atoms with Crippen LogP contribution in [-0.2, 0) is 16.0 Å². The van der Waals surface area contributed by atoms with Gasteiger partial charge in [-0.05, 0) is 86.9 Å². The number of nitrogens with two attached hydrogens (primary N) is 2. The number of amides is 2. The average molecular weight is 563 g/mol. The smallest absolute Gasteiger partial charge is 0.271 e. The number of aromatic amines is 2. The van der Waals surface area contributed by atoms with E-state index in [1.165, 1.54) is 4.90 Å². The zero-order valence-corrected chi connectivity index (χ0v) is 23.2. The van der Waals surface area contributed by atoms with Crippen LogP contribution in [0.5, 0.6) is 0 Å². The first kappa shape index (κ1) is 29.2. The molecule has 10 heteroatoms. The highest BCUT2D eigenvalue weighted by Gasteiger charge is 2.35. The molecule has 1 aliphatic rings. The molecule has 2 heterocycles. The molecular weight excluding hydrogens is 528 g/mol. The number of nitrogens with one attached hydrogen (secondary N) is 2. The van der Waals surface area contributed by atoms with Gasteiger partial charge in [0.2, 0.25) is 5.91 Å². The fraction of sp³-hybridized carbons (Fsp3) is 0.333. The van der Waals surface area contributed by atoms with Crippen molar-refractivity contribution in [2.75, 3.05) is 11.4 Å². The molecule has 6 N–H and O–H groups in total. The lowest BCUT2D eigenvalue weighted by atomic mass is 9.81. The number of imide groups is 1. The molecule has 9 nitrogen and oxygen atoms in total. The number of hydrogen-bond donors (Lipinski definition) is 4. The molecule has 0 saturated heterocycles. The first-order chi connectivity index (χ1) is 18.9. The zero-order chi connectivity index (χ0) is 27.5. The van der Waals surface area contributed by atoms with Crippen LogP contribution in [0, 0.1) is 18.8 Å². The highest BCUT2D eigenvalue weighted by atomic mass is 35.5. The van der Waals surface area contributed by atoms with E-state index in [2.05, 4.69) is 15.2 Å². The Kier molecular flexibility index (Phi) is 9.19. The maximum atomic E-state index is 13.8. The first-order valence-corrected chi connectivity index (χ1v) is 13.4. The number of halogens is 1. The summed E-state index contributed by atoms with van der Waals surface area (Å²) >= 11 is 0. The van der Waals surface area contributed by atoms with Crippen molar-refractivity contribution >= 4 is 40.8 Å². The van der Waals surface area contributed by atoms with Crippen LogP contribution in [0.4, 0.5) is 5.69 Å². The van der Waals surface area contributed by atoms with Crippen LogP contribution in [0.15, 0.2) is 65.6 Å². The molecule has 5 rings (SSSR count). The van der Waals surface area contributed by atoms with Gasteiger partial charge in [-0.1, -0.05) is 30.3 Å². The van der Waals surface area contributed by atoms with Crippen LogP contribution in [0.25, 0.3) is 22.0 Å². The number of fused-ring (bicyclic) bond motifs is 1. The predicted molar refractivity (Wildman–Crippen MR) is 159 cm³/mol. The SMILES string of the molecule is Cc1ncccc1-c1ccc(C[C@H](N)C(=O)N(C(=O)C2CCC(CN)CC2)c2ccc3c(=O)[nH][nH]c3c2)cc1.Cl. The maximum absolute atomic E-state index is 13.8. The van der Waals surface area contributed by atoms with E-state index in [1.54, 1.807) is 24.4 Å². The summed E-state index contributed by atoms with van der Waals surface area (Å²) in [5, 5.41) is 5.80. The lowest BCUT2D eigenvalue weighted by molar-refractivity contribution is -0.130. The van der Waals surface area contributed by atoms with E-state index in [4.69, 9.17) is 11.5 Å². The van der Waals surface area contributed by atoms with E-state index < -0.39 is 11.9 Å². The van der Waals surface area contributed by atoms with Crippen molar-refractivity contribution in [2.24, 2.45) is 23.3 Å². The molecule has 0 aliphatic heterocycles. The highest BCUT2D eigenvalue weighted by Crippen LogP contribution is 2.32. The Labute approximate surface area is 238 Å². The van der Waals surface area contributed by atoms with Crippen molar-refractivity contribution in [1.29, 1.82) is 0 Å². The molecule has 2 aromatic heterocycles. The fourth-order valence-electron chi connectivity index (χ4n) is 5.47. The lowest BCUT2D eigenvalue weighted by Crippen LogP contribution is -2.50. The van der Waals surface area contributed by atoms with Crippen LogP contribution in [0.3, 0.4) is 0 Å². The maximum Gasteiger partial charge on any atom is 0.271 e. The van der Waals surface area contributed by atoms with Gasteiger partial charge in [0, 0.05) is 23.4 Å². The molecule has 210 valence electrons. The van der Waals surface area contributed by atoms with Gasteiger partial charge < -0.3 is 11.5 Å². The second-order valence-corrected chi connectivity index (χ2v) is 10.4. The third-order valence-corrected chi connectivity index (χ3v) is 7.83. The number of H-pyrrole nitrogens is 2. The van der Waals surface area contributed by atoms with Gasteiger partial charge in [0.25, 0.3) is 11.5 Å². The molecular formula is C30H35ClN6O3. The average Bonchev–Trinajstić information content (AvgIpc) is 3.33. The summed E-state index contributed by atoms with van der Waals surface area (Å²) in [6.07, 6.45) is 5.11. The number of carbonyl (C=O) groups is 2. The van der Waals surface area contributed by atoms with Gasteiger partial charge >= 0.3 is 0 Å². The molecule has 0 unspecified atom stereocenters. The van der Waals surface area contributed by atoms with Crippen LogP contribution in [0.2, 0.25) is 0 Å². The number of anilines is 1. The normalized spacial score (nSPS) is 17.7. The highest BCUT2D eigenvalue weighted by molar-refractivity contribution is 6.17. The summed E-state index contributed by atoms with van der Waals surface area (Å²) < 4.78 is 0. The minimum Gasteiger partial charge on any atom is -0.330 e. The van der Waals surface area contributed by atoms with Gasteiger partial charge in [-0.2, -0.15) is 0 Å². The summed E-state index contributed by atoms with van der Waals surface area (Å²) in [6, 6.07) is 15.8. The van der Waals surface area contributed by atoms with Crippen molar-refractivity contribution in [3.63, 3.8) is 0 Å². The Morgan fingerprint density at radius 1 is 1.05 bits per heavy atom. The Bertz CT molecular complexity index is 1540. The number of benzene rings is 2. The van der Waals surface area contributed by atoms with Crippen LogP contribution < -0.4 is 21.9 Å². The second kappa shape index (κ2) is 12.6. The molecule has 4 aromatic rings. The first-order valence-electron chi connectivity index (χ1n) is 13.4.